The van der Waals surface area contributed by atoms with Crippen LogP contribution in [0, 0.1) is 0 Å². The van der Waals surface area contributed by atoms with Gasteiger partial charge in [-0.2, -0.15) is 0 Å². The minimum absolute atomic E-state index is 0. The van der Waals surface area contributed by atoms with Gasteiger partial charge >= 0.3 is 0 Å². The number of rotatable bonds is 1. The molecule has 0 fully saturated rings. The van der Waals surface area contributed by atoms with Gasteiger partial charge in [-0.05, 0) is 0 Å². The second-order valence-electron chi connectivity index (χ2n) is 0.418. The Morgan fingerprint density at radius 2 is 1.22 bits per heavy atom. The van der Waals surface area contributed by atoms with E-state index in [-0.39, 0.29) is 69.2 Å². The Balaban J connectivity index is -0.00000000450. The molecule has 0 atom stereocenters. The predicted octanol–water partition coefficient (Wildman–Crippen LogP) is 2.12. The van der Waals surface area contributed by atoms with Crippen LogP contribution in [-0.4, -0.2) is 19.0 Å². The molecule has 0 aromatic rings. The van der Waals surface area contributed by atoms with Gasteiger partial charge < -0.3 is 9.84 Å². The number of hydrogen-bond donors (Lipinski definition) is 1. The molecular formula is C6H22O2Y. The minimum atomic E-state index is -0.181. The fourth-order valence-electron chi connectivity index (χ4n) is 0. The van der Waals surface area contributed by atoms with E-state index in [1.165, 1.54) is 7.11 Å². The second kappa shape index (κ2) is 63.5. The average molecular weight is 215 g/mol. The minimum Gasteiger partial charge on any atom is -0.371 e. The smallest absolute Gasteiger partial charge is 0.143 e. The van der Waals surface area contributed by atoms with Gasteiger partial charge in [0.15, 0.2) is 0 Å². The first-order chi connectivity index (χ1) is 1.91. The summed E-state index contributed by atoms with van der Waals surface area (Å²) in [6.45, 7) is -0.181. The molecule has 3 heteroatoms. The van der Waals surface area contributed by atoms with Crippen LogP contribution < -0.4 is 0 Å². The molecule has 1 N–H and O–H groups in total. The molecule has 2 nitrogen and oxygen atoms in total. The molecular weight excluding hydrogens is 193 g/mol. The maximum Gasteiger partial charge on any atom is 0.143 e. The van der Waals surface area contributed by atoms with E-state index in [0.717, 1.165) is 0 Å². The topological polar surface area (TPSA) is 29.5 Å². The molecule has 1 radical (unpaired) electrons. The third kappa shape index (κ3) is 109. The van der Waals surface area contributed by atoms with Gasteiger partial charge in [0.2, 0.25) is 0 Å². The summed E-state index contributed by atoms with van der Waals surface area (Å²) in [5, 5.41) is 7.65. The maximum absolute atomic E-state index is 7.65. The van der Waals surface area contributed by atoms with Gasteiger partial charge in [0.25, 0.3) is 0 Å². The Morgan fingerprint density at radius 1 is 1.11 bits per heavy atom. The molecule has 0 saturated carbocycles. The summed E-state index contributed by atoms with van der Waals surface area (Å²) in [5.41, 5.74) is 0. The van der Waals surface area contributed by atoms with E-state index in [4.69, 9.17) is 5.11 Å². The molecule has 0 heterocycles. The van der Waals surface area contributed by atoms with Crippen LogP contribution in [0.1, 0.15) is 29.7 Å². The van der Waals surface area contributed by atoms with Crippen LogP contribution in [0.15, 0.2) is 0 Å². The Bertz CT molecular complexity index is 13.0. The van der Waals surface area contributed by atoms with E-state index in [9.17, 15) is 0 Å². The molecule has 0 unspecified atom stereocenters. The van der Waals surface area contributed by atoms with Gasteiger partial charge in [-0.25, -0.2) is 0 Å². The maximum atomic E-state index is 7.65. The third-order valence-corrected chi connectivity index (χ3v) is 0.129. The molecule has 0 rings (SSSR count). The largest absolute Gasteiger partial charge is 0.371 e. The molecule has 0 spiro atoms. The van der Waals surface area contributed by atoms with Crippen molar-refractivity contribution in [2.24, 2.45) is 0 Å². The van der Waals surface area contributed by atoms with Gasteiger partial charge in [0.1, 0.15) is 6.79 Å². The van der Waals surface area contributed by atoms with E-state index in [0.29, 0.717) is 0 Å². The molecule has 9 heavy (non-hydrogen) atoms. The predicted molar refractivity (Wildman–Crippen MR) is 41.0 cm³/mol. The van der Waals surface area contributed by atoms with Crippen molar-refractivity contribution in [1.29, 1.82) is 0 Å². The van der Waals surface area contributed by atoms with Crippen molar-refractivity contribution in [1.82, 2.24) is 0 Å². The van der Waals surface area contributed by atoms with E-state index in [2.05, 4.69) is 4.74 Å². The molecule has 0 aromatic heterocycles. The summed E-state index contributed by atoms with van der Waals surface area (Å²) in [6.07, 6.45) is 0. The van der Waals surface area contributed by atoms with E-state index in [1.54, 1.807) is 0 Å². The van der Waals surface area contributed by atoms with Crippen molar-refractivity contribution in [3.05, 3.63) is 0 Å². The first-order valence-electron chi connectivity index (χ1n) is 1.01. The Hall–Kier alpha value is 1.02. The molecule has 0 aliphatic heterocycles. The van der Waals surface area contributed by atoms with E-state index >= 15 is 0 Å². The van der Waals surface area contributed by atoms with Gasteiger partial charge in [0.05, 0.1) is 0 Å². The second-order valence-corrected chi connectivity index (χ2v) is 0.418. The summed E-state index contributed by atoms with van der Waals surface area (Å²) in [5.74, 6) is 0. The zero-order valence-electron chi connectivity index (χ0n) is 3.14. The van der Waals surface area contributed by atoms with Crippen LogP contribution in [0.25, 0.3) is 0 Å². The zero-order chi connectivity index (χ0) is 3.41. The summed E-state index contributed by atoms with van der Waals surface area (Å²) in [4.78, 5) is 0. The number of ether oxygens (including phenoxy) is 1. The van der Waals surface area contributed by atoms with Crippen LogP contribution in [0.5, 0.6) is 0 Å². The van der Waals surface area contributed by atoms with Crippen molar-refractivity contribution in [2.75, 3.05) is 13.9 Å². The Kier molecular flexibility index (Phi) is 356. The number of aliphatic hydroxyl groups excluding tert-OH is 1. The number of methoxy groups -OCH3 is 1. The zero-order valence-corrected chi connectivity index (χ0v) is 5.98. The van der Waals surface area contributed by atoms with Crippen LogP contribution in [-0.2, 0) is 37.4 Å². The third-order valence-electron chi connectivity index (χ3n) is 0.129. The summed E-state index contributed by atoms with van der Waals surface area (Å²) in [6, 6.07) is 0. The molecule has 0 aliphatic carbocycles. The van der Waals surface area contributed by atoms with Gasteiger partial charge in [0, 0.05) is 39.8 Å². The fraction of sp³-hybridized carbons (Fsp3) is 1.00. The van der Waals surface area contributed by atoms with Gasteiger partial charge in [-0.3, -0.25) is 0 Å². The molecule has 61 valence electrons. The van der Waals surface area contributed by atoms with E-state index in [1.807, 2.05) is 0 Å². The average Bonchev–Trinajstić information content (AvgIpc) is 1.37. The Labute approximate surface area is 85.9 Å². The SMILES string of the molecule is C.C.C.C.COCO.[Y]. The molecule has 0 amide bonds. The van der Waals surface area contributed by atoms with Crippen LogP contribution in [0.4, 0.5) is 0 Å². The van der Waals surface area contributed by atoms with Crippen LogP contribution in [0.2, 0.25) is 0 Å². The normalized spacial score (nSPS) is 3.33. The molecule has 0 aliphatic rings. The molecule has 0 saturated heterocycles. The quantitative estimate of drug-likeness (QED) is 0.679. The molecule has 0 bridgehead atoms. The first-order valence-corrected chi connectivity index (χ1v) is 1.01. The summed E-state index contributed by atoms with van der Waals surface area (Å²) in [7, 11) is 1.43. The Morgan fingerprint density at radius 3 is 1.22 bits per heavy atom. The monoisotopic (exact) mass is 215 g/mol. The van der Waals surface area contributed by atoms with Crippen LogP contribution in [0.3, 0.4) is 0 Å². The standard InChI is InChI=1S/C2H6O2.4CH4.Y/c1-4-2-3;;;;;/h3H,2H2,1H3;4*1H4;. The molecule has 0 aromatic carbocycles. The van der Waals surface area contributed by atoms with Crippen molar-refractivity contribution in [3.63, 3.8) is 0 Å². The fourth-order valence-corrected chi connectivity index (χ4v) is 0. The van der Waals surface area contributed by atoms with Gasteiger partial charge in [-0.1, -0.05) is 29.7 Å². The van der Waals surface area contributed by atoms with E-state index < -0.39 is 0 Å². The first kappa shape index (κ1) is 50.4. The summed E-state index contributed by atoms with van der Waals surface area (Å²) >= 11 is 0. The van der Waals surface area contributed by atoms with Gasteiger partial charge in [-0.15, -0.1) is 0 Å². The number of aliphatic hydroxyl groups is 1. The summed E-state index contributed by atoms with van der Waals surface area (Å²) < 4.78 is 4.10. The van der Waals surface area contributed by atoms with Crippen LogP contribution >= 0.6 is 0 Å². The van der Waals surface area contributed by atoms with Crippen molar-refractivity contribution in [2.45, 2.75) is 29.7 Å². The van der Waals surface area contributed by atoms with Crippen molar-refractivity contribution in [3.8, 4) is 0 Å². The van der Waals surface area contributed by atoms with Crippen molar-refractivity contribution < 1.29 is 42.6 Å². The number of hydrogen-bond acceptors (Lipinski definition) is 2. The van der Waals surface area contributed by atoms with Crippen molar-refractivity contribution >= 4 is 0 Å².